The number of piperidine rings is 1. The van der Waals surface area contributed by atoms with E-state index in [-0.39, 0.29) is 6.10 Å². The third kappa shape index (κ3) is 4.73. The van der Waals surface area contributed by atoms with E-state index in [9.17, 15) is 0 Å². The van der Waals surface area contributed by atoms with Gasteiger partial charge < -0.3 is 19.8 Å². The van der Waals surface area contributed by atoms with Crippen molar-refractivity contribution in [1.29, 1.82) is 0 Å². The van der Waals surface area contributed by atoms with E-state index in [1.807, 2.05) is 31.2 Å². The first-order valence-corrected chi connectivity index (χ1v) is 9.02. The molecule has 1 aliphatic rings. The van der Waals surface area contributed by atoms with Gasteiger partial charge in [-0.3, -0.25) is 5.10 Å². The molecule has 4 heterocycles. The van der Waals surface area contributed by atoms with Crippen LogP contribution in [0.1, 0.15) is 30.1 Å². The molecule has 140 valence electrons. The molecule has 3 aromatic rings. The summed E-state index contributed by atoms with van der Waals surface area (Å²) in [7, 11) is 0. The van der Waals surface area contributed by atoms with Crippen LogP contribution in [0.5, 0.6) is 5.88 Å². The van der Waals surface area contributed by atoms with Crippen molar-refractivity contribution in [3.63, 3.8) is 0 Å². The molecule has 0 atom stereocenters. The second-order valence-corrected chi connectivity index (χ2v) is 6.43. The molecule has 27 heavy (non-hydrogen) atoms. The van der Waals surface area contributed by atoms with Crippen LogP contribution >= 0.6 is 0 Å². The number of hydrogen-bond donors (Lipinski definition) is 3. The van der Waals surface area contributed by atoms with Crippen LogP contribution in [0.15, 0.2) is 34.9 Å². The lowest BCUT2D eigenvalue weighted by Crippen LogP contribution is -2.34. The van der Waals surface area contributed by atoms with Gasteiger partial charge in [-0.15, -0.1) is 0 Å². The fourth-order valence-corrected chi connectivity index (χ4v) is 2.88. The standard InChI is InChI=1S/C19H22N6O2/c1-13-11-18(25-24-13)22-17-12-19(27-15-6-8-20-9-7-15)23-16(21-17)5-4-14-3-2-10-26-14/h2-5,10-12,15,20H,6-9H2,1H3,(H2,21,22,23,24,25). The second kappa shape index (κ2) is 8.05. The Labute approximate surface area is 157 Å². The molecule has 3 N–H and O–H groups in total. The predicted molar refractivity (Wildman–Crippen MR) is 103 cm³/mol. The lowest BCUT2D eigenvalue weighted by molar-refractivity contribution is 0.155. The number of rotatable bonds is 6. The Bertz CT molecular complexity index is 897. The van der Waals surface area contributed by atoms with Crippen molar-refractivity contribution in [3.8, 4) is 5.88 Å². The van der Waals surface area contributed by atoms with E-state index >= 15 is 0 Å². The zero-order valence-corrected chi connectivity index (χ0v) is 15.1. The number of hydrogen-bond acceptors (Lipinski definition) is 7. The zero-order chi connectivity index (χ0) is 18.5. The summed E-state index contributed by atoms with van der Waals surface area (Å²) in [4.78, 5) is 9.06. The molecular weight excluding hydrogens is 344 g/mol. The number of H-pyrrole nitrogens is 1. The number of ether oxygens (including phenoxy) is 1. The molecule has 0 spiro atoms. The van der Waals surface area contributed by atoms with Crippen molar-refractivity contribution >= 4 is 23.8 Å². The third-order valence-corrected chi connectivity index (χ3v) is 4.20. The molecule has 0 unspecified atom stereocenters. The summed E-state index contributed by atoms with van der Waals surface area (Å²) in [6, 6.07) is 7.42. The van der Waals surface area contributed by atoms with Gasteiger partial charge in [0.05, 0.1) is 6.26 Å². The Morgan fingerprint density at radius 1 is 1.19 bits per heavy atom. The number of aryl methyl sites for hydroxylation is 1. The molecule has 0 aromatic carbocycles. The lowest BCUT2D eigenvalue weighted by atomic mass is 10.1. The van der Waals surface area contributed by atoms with Gasteiger partial charge in [-0.2, -0.15) is 10.1 Å². The van der Waals surface area contributed by atoms with E-state index in [0.29, 0.717) is 23.3 Å². The smallest absolute Gasteiger partial charge is 0.219 e. The molecule has 0 radical (unpaired) electrons. The second-order valence-electron chi connectivity index (χ2n) is 6.43. The summed E-state index contributed by atoms with van der Waals surface area (Å²) in [5, 5.41) is 13.6. The van der Waals surface area contributed by atoms with Crippen molar-refractivity contribution in [2.75, 3.05) is 18.4 Å². The quantitative estimate of drug-likeness (QED) is 0.616. The topological polar surface area (TPSA) is 101 Å². The van der Waals surface area contributed by atoms with Gasteiger partial charge in [0.25, 0.3) is 0 Å². The average molecular weight is 366 g/mol. The molecule has 0 aliphatic carbocycles. The fraction of sp³-hybridized carbons (Fsp3) is 0.316. The van der Waals surface area contributed by atoms with E-state index in [4.69, 9.17) is 9.15 Å². The highest BCUT2D eigenvalue weighted by molar-refractivity contribution is 5.65. The molecule has 3 aromatic heterocycles. The van der Waals surface area contributed by atoms with Crippen molar-refractivity contribution in [3.05, 3.63) is 47.8 Å². The minimum absolute atomic E-state index is 0.156. The first-order chi connectivity index (χ1) is 13.2. The van der Waals surface area contributed by atoms with Crippen LogP contribution in [-0.2, 0) is 0 Å². The van der Waals surface area contributed by atoms with E-state index in [1.165, 1.54) is 0 Å². The molecule has 0 bridgehead atoms. The summed E-state index contributed by atoms with van der Waals surface area (Å²) in [5.41, 5.74) is 0.968. The van der Waals surface area contributed by atoms with Crippen LogP contribution in [0.25, 0.3) is 12.2 Å². The van der Waals surface area contributed by atoms with Gasteiger partial charge in [0, 0.05) is 17.8 Å². The van der Waals surface area contributed by atoms with Gasteiger partial charge in [0.15, 0.2) is 11.6 Å². The first-order valence-electron chi connectivity index (χ1n) is 9.02. The molecule has 1 saturated heterocycles. The van der Waals surface area contributed by atoms with E-state index in [0.717, 1.165) is 37.4 Å². The summed E-state index contributed by atoms with van der Waals surface area (Å²) in [6.07, 6.45) is 7.33. The van der Waals surface area contributed by atoms with Crippen molar-refractivity contribution in [2.24, 2.45) is 0 Å². The van der Waals surface area contributed by atoms with Crippen LogP contribution in [0.3, 0.4) is 0 Å². The van der Waals surface area contributed by atoms with Gasteiger partial charge >= 0.3 is 0 Å². The van der Waals surface area contributed by atoms with Crippen molar-refractivity contribution < 1.29 is 9.15 Å². The molecule has 4 rings (SSSR count). The highest BCUT2D eigenvalue weighted by Gasteiger charge is 2.16. The molecule has 0 amide bonds. The Morgan fingerprint density at radius 3 is 2.81 bits per heavy atom. The summed E-state index contributed by atoms with van der Waals surface area (Å²) < 4.78 is 11.4. The van der Waals surface area contributed by atoms with Crippen LogP contribution in [0, 0.1) is 6.92 Å². The molecule has 1 fully saturated rings. The van der Waals surface area contributed by atoms with Gasteiger partial charge in [-0.25, -0.2) is 4.98 Å². The van der Waals surface area contributed by atoms with E-state index in [2.05, 4.69) is 30.8 Å². The van der Waals surface area contributed by atoms with Gasteiger partial charge in [0.2, 0.25) is 5.88 Å². The average Bonchev–Trinajstić information content (AvgIpc) is 3.32. The Morgan fingerprint density at radius 2 is 2.07 bits per heavy atom. The number of nitrogens with one attached hydrogen (secondary N) is 3. The Hall–Kier alpha value is -3.13. The number of aromatic nitrogens is 4. The largest absolute Gasteiger partial charge is 0.474 e. The number of furan rings is 1. The Balaban J connectivity index is 1.58. The number of nitrogens with zero attached hydrogens (tertiary/aromatic N) is 3. The van der Waals surface area contributed by atoms with Crippen molar-refractivity contribution in [1.82, 2.24) is 25.5 Å². The molecule has 0 saturated carbocycles. The van der Waals surface area contributed by atoms with Gasteiger partial charge in [-0.05, 0) is 57.1 Å². The third-order valence-electron chi connectivity index (χ3n) is 4.20. The minimum Gasteiger partial charge on any atom is -0.474 e. The zero-order valence-electron chi connectivity index (χ0n) is 15.1. The number of aromatic amines is 1. The normalized spacial score (nSPS) is 15.3. The summed E-state index contributed by atoms with van der Waals surface area (Å²) in [5.74, 6) is 3.14. The van der Waals surface area contributed by atoms with Crippen LogP contribution < -0.4 is 15.4 Å². The maximum Gasteiger partial charge on any atom is 0.219 e. The van der Waals surface area contributed by atoms with Gasteiger partial charge in [0.1, 0.15) is 17.7 Å². The molecular formula is C19H22N6O2. The van der Waals surface area contributed by atoms with Crippen LogP contribution in [0.2, 0.25) is 0 Å². The monoisotopic (exact) mass is 366 g/mol. The summed E-state index contributed by atoms with van der Waals surface area (Å²) >= 11 is 0. The van der Waals surface area contributed by atoms with E-state index < -0.39 is 0 Å². The fourth-order valence-electron chi connectivity index (χ4n) is 2.88. The molecule has 8 heteroatoms. The lowest BCUT2D eigenvalue weighted by Gasteiger charge is -2.23. The minimum atomic E-state index is 0.156. The predicted octanol–water partition coefficient (Wildman–Crippen LogP) is 3.15. The highest BCUT2D eigenvalue weighted by atomic mass is 16.5. The van der Waals surface area contributed by atoms with Crippen LogP contribution in [0.4, 0.5) is 11.6 Å². The maximum atomic E-state index is 6.10. The van der Waals surface area contributed by atoms with Crippen molar-refractivity contribution in [2.45, 2.75) is 25.9 Å². The van der Waals surface area contributed by atoms with Gasteiger partial charge in [-0.1, -0.05) is 0 Å². The Kier molecular flexibility index (Phi) is 5.15. The summed E-state index contributed by atoms with van der Waals surface area (Å²) in [6.45, 7) is 3.86. The molecule has 1 aliphatic heterocycles. The molecule has 8 nitrogen and oxygen atoms in total. The SMILES string of the molecule is Cc1cc(Nc2cc(OC3CCNCC3)nc(C=Cc3ccco3)n2)n[nH]1. The highest BCUT2D eigenvalue weighted by Crippen LogP contribution is 2.21. The number of anilines is 2. The maximum absolute atomic E-state index is 6.10. The van der Waals surface area contributed by atoms with Crippen LogP contribution in [-0.4, -0.2) is 39.4 Å². The first kappa shape index (κ1) is 17.3. The van der Waals surface area contributed by atoms with E-state index in [1.54, 1.807) is 18.4 Å².